The molecule has 0 amide bonds. The molecule has 4 nitrogen and oxygen atoms in total. The molecule has 0 fully saturated rings. The van der Waals surface area contributed by atoms with Crippen molar-refractivity contribution in [2.24, 2.45) is 0 Å². The minimum atomic E-state index is -0.0853. The van der Waals surface area contributed by atoms with E-state index in [1.165, 1.54) is 6.39 Å². The van der Waals surface area contributed by atoms with Gasteiger partial charge >= 0.3 is 0 Å². The molecule has 1 aliphatic rings. The Kier molecular flexibility index (Phi) is 3.74. The zero-order chi connectivity index (χ0) is 15.0. The number of allylic oxidation sites excluding steroid dienone is 4. The first-order valence-electron chi connectivity index (χ1n) is 6.44. The van der Waals surface area contributed by atoms with Crippen LogP contribution in [-0.4, -0.2) is 10.2 Å². The Morgan fingerprint density at radius 3 is 2.76 bits per heavy atom. The van der Waals surface area contributed by atoms with Gasteiger partial charge in [-0.15, -0.1) is 10.2 Å². The third kappa shape index (κ3) is 2.57. The van der Waals surface area contributed by atoms with Crippen LogP contribution in [-0.2, 0) is 0 Å². The number of nitrogens with one attached hydrogen (secondary N) is 1. The number of halogens is 2. The maximum atomic E-state index is 6.38. The molecule has 0 saturated carbocycles. The van der Waals surface area contributed by atoms with Gasteiger partial charge in [0.1, 0.15) is 0 Å². The summed E-state index contributed by atoms with van der Waals surface area (Å²) in [5, 5.41) is 12.1. The third-order valence-electron chi connectivity index (χ3n) is 3.42. The van der Waals surface area contributed by atoms with Crippen LogP contribution in [0.3, 0.4) is 0 Å². The van der Waals surface area contributed by atoms with E-state index in [1.807, 2.05) is 26.0 Å². The van der Waals surface area contributed by atoms with Crippen LogP contribution in [0, 0.1) is 0 Å². The molecule has 3 rings (SSSR count). The van der Waals surface area contributed by atoms with Gasteiger partial charge < -0.3 is 9.73 Å². The molecule has 108 valence electrons. The molecule has 1 atom stereocenters. The molecule has 1 aromatic carbocycles. The Balaban J connectivity index is 2.17. The summed E-state index contributed by atoms with van der Waals surface area (Å²) >= 11 is 12.5. The number of dihydropyridines is 1. The first-order valence-corrected chi connectivity index (χ1v) is 7.20. The van der Waals surface area contributed by atoms with Gasteiger partial charge in [-0.25, -0.2) is 0 Å². The summed E-state index contributed by atoms with van der Waals surface area (Å²) < 4.78 is 5.38. The molecule has 1 N–H and O–H groups in total. The molecule has 2 heterocycles. The number of rotatable bonds is 2. The lowest BCUT2D eigenvalue weighted by molar-refractivity contribution is 0.532. The minimum Gasteiger partial charge on any atom is -0.424 e. The van der Waals surface area contributed by atoms with Gasteiger partial charge in [-0.2, -0.15) is 0 Å². The lowest BCUT2D eigenvalue weighted by atomic mass is 9.86. The number of hydrogen-bond acceptors (Lipinski definition) is 4. The fourth-order valence-electron chi connectivity index (χ4n) is 2.56. The molecule has 0 spiro atoms. The molecule has 1 aromatic heterocycles. The van der Waals surface area contributed by atoms with Crippen LogP contribution >= 0.6 is 23.2 Å². The van der Waals surface area contributed by atoms with Crippen molar-refractivity contribution in [2.75, 3.05) is 0 Å². The highest BCUT2D eigenvalue weighted by molar-refractivity contribution is 6.42. The number of hydrogen-bond donors (Lipinski definition) is 1. The highest BCUT2D eigenvalue weighted by Crippen LogP contribution is 2.42. The van der Waals surface area contributed by atoms with Gasteiger partial charge in [-0.05, 0) is 25.5 Å². The highest BCUT2D eigenvalue weighted by Gasteiger charge is 2.28. The topological polar surface area (TPSA) is 51.0 Å². The summed E-state index contributed by atoms with van der Waals surface area (Å²) in [6.45, 7) is 3.97. The Hall–Kier alpha value is -1.78. The van der Waals surface area contributed by atoms with Gasteiger partial charge in [-0.1, -0.05) is 41.4 Å². The van der Waals surface area contributed by atoms with Crippen molar-refractivity contribution in [3.8, 4) is 0 Å². The molecule has 1 aliphatic heterocycles. The van der Waals surface area contributed by atoms with Crippen molar-refractivity contribution in [3.63, 3.8) is 0 Å². The monoisotopic (exact) mass is 321 g/mol. The first-order chi connectivity index (χ1) is 10.1. The number of benzene rings is 1. The second kappa shape index (κ2) is 5.54. The molecule has 0 aliphatic carbocycles. The molecule has 1 unspecified atom stereocenters. The van der Waals surface area contributed by atoms with Crippen molar-refractivity contribution in [1.82, 2.24) is 15.5 Å². The van der Waals surface area contributed by atoms with Crippen LogP contribution in [0.1, 0.15) is 31.2 Å². The first kappa shape index (κ1) is 14.2. The summed E-state index contributed by atoms with van der Waals surface area (Å²) in [5.74, 6) is 0.391. The lowest BCUT2D eigenvalue weighted by Gasteiger charge is -2.25. The van der Waals surface area contributed by atoms with Crippen molar-refractivity contribution in [2.45, 2.75) is 19.8 Å². The van der Waals surface area contributed by atoms with Crippen molar-refractivity contribution >= 4 is 28.8 Å². The third-order valence-corrected chi connectivity index (χ3v) is 4.26. The van der Waals surface area contributed by atoms with Gasteiger partial charge in [0.2, 0.25) is 12.3 Å². The Bertz CT molecular complexity index is 735. The largest absolute Gasteiger partial charge is 0.424 e. The van der Waals surface area contributed by atoms with Gasteiger partial charge in [0.15, 0.2) is 0 Å². The second-order valence-electron chi connectivity index (χ2n) is 4.88. The minimum absolute atomic E-state index is 0.0853. The summed E-state index contributed by atoms with van der Waals surface area (Å²) in [6.07, 6.45) is 3.39. The van der Waals surface area contributed by atoms with E-state index >= 15 is 0 Å². The fourth-order valence-corrected chi connectivity index (χ4v) is 2.99. The second-order valence-corrected chi connectivity index (χ2v) is 5.66. The highest BCUT2D eigenvalue weighted by atomic mass is 35.5. The molecule has 0 saturated heterocycles. The average Bonchev–Trinajstić information content (AvgIpc) is 2.94. The predicted octanol–water partition coefficient (Wildman–Crippen LogP) is 4.40. The summed E-state index contributed by atoms with van der Waals surface area (Å²) in [5.41, 5.74) is 3.82. The predicted molar refractivity (Wildman–Crippen MR) is 83.0 cm³/mol. The van der Waals surface area contributed by atoms with Gasteiger partial charge in [0.05, 0.1) is 10.0 Å². The zero-order valence-corrected chi connectivity index (χ0v) is 13.0. The van der Waals surface area contributed by atoms with E-state index in [0.717, 1.165) is 22.5 Å². The van der Waals surface area contributed by atoms with E-state index in [0.29, 0.717) is 15.9 Å². The van der Waals surface area contributed by atoms with E-state index in [1.54, 1.807) is 6.07 Å². The average molecular weight is 322 g/mol. The molecule has 2 aromatic rings. The van der Waals surface area contributed by atoms with Crippen molar-refractivity contribution in [1.29, 1.82) is 0 Å². The van der Waals surface area contributed by atoms with Gasteiger partial charge in [0.25, 0.3) is 0 Å². The Morgan fingerprint density at radius 1 is 1.24 bits per heavy atom. The molecule has 0 radical (unpaired) electrons. The van der Waals surface area contributed by atoms with Crippen molar-refractivity contribution in [3.05, 3.63) is 63.6 Å². The van der Waals surface area contributed by atoms with Gasteiger partial charge in [0, 0.05) is 22.9 Å². The van der Waals surface area contributed by atoms with E-state index in [2.05, 4.69) is 21.6 Å². The van der Waals surface area contributed by atoms with Crippen LogP contribution in [0.15, 0.2) is 46.5 Å². The van der Waals surface area contributed by atoms with Crippen LogP contribution in [0.5, 0.6) is 0 Å². The van der Waals surface area contributed by atoms with Gasteiger partial charge in [-0.3, -0.25) is 0 Å². The van der Waals surface area contributed by atoms with Crippen LogP contribution < -0.4 is 5.32 Å². The van der Waals surface area contributed by atoms with Crippen LogP contribution in [0.4, 0.5) is 0 Å². The maximum Gasteiger partial charge on any atom is 0.246 e. The standard InChI is InChI=1S/C15H13Cl2N3O/c1-8-6-11(10-4-3-5-12(16)14(10)17)13(9(2)19-8)15-20-18-7-21-15/h3-7,11,19H,1-2H3. The SMILES string of the molecule is CC1=CC(c2cccc(Cl)c2Cl)C(c2nnco2)=C(C)N1. The maximum absolute atomic E-state index is 6.38. The molecular weight excluding hydrogens is 309 g/mol. The summed E-state index contributed by atoms with van der Waals surface area (Å²) in [7, 11) is 0. The zero-order valence-electron chi connectivity index (χ0n) is 11.5. The molecule has 6 heteroatoms. The van der Waals surface area contributed by atoms with E-state index in [9.17, 15) is 0 Å². The van der Waals surface area contributed by atoms with E-state index in [-0.39, 0.29) is 5.92 Å². The quantitative estimate of drug-likeness (QED) is 0.890. The molecule has 0 bridgehead atoms. The van der Waals surface area contributed by atoms with E-state index in [4.69, 9.17) is 27.6 Å². The fraction of sp³-hybridized carbons (Fsp3) is 0.200. The normalized spacial score (nSPS) is 18.5. The summed E-state index contributed by atoms with van der Waals surface area (Å²) in [4.78, 5) is 0. The summed E-state index contributed by atoms with van der Waals surface area (Å²) in [6, 6.07) is 5.61. The smallest absolute Gasteiger partial charge is 0.246 e. The number of aromatic nitrogens is 2. The Morgan fingerprint density at radius 2 is 2.05 bits per heavy atom. The van der Waals surface area contributed by atoms with E-state index < -0.39 is 0 Å². The van der Waals surface area contributed by atoms with Crippen LogP contribution in [0.2, 0.25) is 10.0 Å². The van der Waals surface area contributed by atoms with Crippen molar-refractivity contribution < 1.29 is 4.42 Å². The molecular formula is C15H13Cl2N3O. The lowest BCUT2D eigenvalue weighted by Crippen LogP contribution is -2.19. The van der Waals surface area contributed by atoms with Crippen LogP contribution in [0.25, 0.3) is 5.57 Å². The molecule has 21 heavy (non-hydrogen) atoms. The Labute approximate surface area is 132 Å². The number of nitrogens with zero attached hydrogens (tertiary/aromatic N) is 2.